The molecular weight excluding hydrogens is 260 g/mol. The summed E-state index contributed by atoms with van der Waals surface area (Å²) in [5.74, 6) is -1.06. The predicted octanol–water partition coefficient (Wildman–Crippen LogP) is 1.48. The number of hydrogen-bond acceptors (Lipinski definition) is 3. The average Bonchev–Trinajstić information content (AvgIpc) is 2.50. The molecule has 2 amide bonds. The summed E-state index contributed by atoms with van der Waals surface area (Å²) in [6.45, 7) is 5.27. The van der Waals surface area contributed by atoms with E-state index in [4.69, 9.17) is 5.11 Å². The number of carbonyl (C=O) groups excluding carboxylic acids is 1. The molecule has 0 spiro atoms. The van der Waals surface area contributed by atoms with Gasteiger partial charge in [-0.2, -0.15) is 0 Å². The molecule has 0 aromatic heterocycles. The van der Waals surface area contributed by atoms with E-state index in [1.54, 1.807) is 20.8 Å². The molecule has 0 heterocycles. The number of aliphatic hydroxyl groups is 1. The topological polar surface area (TPSA) is 98.7 Å². The first-order chi connectivity index (χ1) is 9.21. The van der Waals surface area contributed by atoms with Gasteiger partial charge in [0, 0.05) is 0 Å². The lowest BCUT2D eigenvalue weighted by Crippen LogP contribution is -2.55. The van der Waals surface area contributed by atoms with Gasteiger partial charge >= 0.3 is 12.0 Å². The molecule has 4 N–H and O–H groups in total. The van der Waals surface area contributed by atoms with Crippen molar-refractivity contribution >= 4 is 12.0 Å². The number of nitrogens with one attached hydrogen (secondary N) is 2. The Labute approximate surface area is 119 Å². The van der Waals surface area contributed by atoms with E-state index in [1.165, 1.54) is 0 Å². The molecule has 0 aromatic rings. The number of urea groups is 1. The van der Waals surface area contributed by atoms with Gasteiger partial charge in [-0.3, -0.25) is 0 Å². The number of amides is 2. The molecular formula is C14H26N2O4. The van der Waals surface area contributed by atoms with E-state index in [0.717, 1.165) is 25.7 Å². The van der Waals surface area contributed by atoms with Crippen LogP contribution in [0.5, 0.6) is 0 Å². The number of carbonyl (C=O) groups is 2. The van der Waals surface area contributed by atoms with Gasteiger partial charge in [0.05, 0.1) is 12.1 Å². The van der Waals surface area contributed by atoms with Gasteiger partial charge < -0.3 is 20.8 Å². The van der Waals surface area contributed by atoms with Crippen molar-refractivity contribution in [1.29, 1.82) is 0 Å². The molecule has 1 rings (SSSR count). The Kier molecular flexibility index (Phi) is 5.80. The molecule has 3 unspecified atom stereocenters. The molecule has 20 heavy (non-hydrogen) atoms. The standard InChI is InChI=1S/C14H26N2O4/c1-14(2,3)11(12(18)19)16-13(20)15-9-7-5-4-6-8-10(9)17/h9-11,17H,4-8H2,1-3H3,(H,18,19)(H2,15,16,20). The van der Waals surface area contributed by atoms with Gasteiger partial charge in [-0.15, -0.1) is 0 Å². The van der Waals surface area contributed by atoms with Crippen LogP contribution in [-0.4, -0.2) is 40.4 Å². The maximum absolute atomic E-state index is 11.9. The highest BCUT2D eigenvalue weighted by Crippen LogP contribution is 2.20. The minimum absolute atomic E-state index is 0.299. The molecule has 1 saturated carbocycles. The van der Waals surface area contributed by atoms with Crippen molar-refractivity contribution in [2.45, 2.75) is 71.1 Å². The van der Waals surface area contributed by atoms with Crippen molar-refractivity contribution < 1.29 is 19.8 Å². The fraction of sp³-hybridized carbons (Fsp3) is 0.857. The molecule has 116 valence electrons. The van der Waals surface area contributed by atoms with Gasteiger partial charge in [0.1, 0.15) is 6.04 Å². The van der Waals surface area contributed by atoms with E-state index in [1.807, 2.05) is 0 Å². The maximum atomic E-state index is 11.9. The molecule has 6 nitrogen and oxygen atoms in total. The van der Waals surface area contributed by atoms with E-state index in [9.17, 15) is 14.7 Å². The lowest BCUT2D eigenvalue weighted by atomic mass is 9.87. The van der Waals surface area contributed by atoms with Gasteiger partial charge in [-0.1, -0.05) is 40.0 Å². The summed E-state index contributed by atoms with van der Waals surface area (Å²) in [5.41, 5.74) is -0.578. The Balaban J connectivity index is 2.59. The van der Waals surface area contributed by atoms with Crippen molar-refractivity contribution in [3.63, 3.8) is 0 Å². The fourth-order valence-electron chi connectivity index (χ4n) is 2.45. The second-order valence-electron chi connectivity index (χ2n) is 6.57. The van der Waals surface area contributed by atoms with Crippen LogP contribution in [0.2, 0.25) is 0 Å². The van der Waals surface area contributed by atoms with Gasteiger partial charge in [0.15, 0.2) is 0 Å². The summed E-state index contributed by atoms with van der Waals surface area (Å²) in [6, 6.07) is -1.80. The lowest BCUT2D eigenvalue weighted by molar-refractivity contribution is -0.141. The van der Waals surface area contributed by atoms with Gasteiger partial charge in [0.25, 0.3) is 0 Å². The largest absolute Gasteiger partial charge is 0.480 e. The summed E-state index contributed by atoms with van der Waals surface area (Å²) in [4.78, 5) is 23.1. The monoisotopic (exact) mass is 286 g/mol. The van der Waals surface area contributed by atoms with E-state index < -0.39 is 29.6 Å². The molecule has 6 heteroatoms. The van der Waals surface area contributed by atoms with Crippen LogP contribution < -0.4 is 10.6 Å². The zero-order chi connectivity index (χ0) is 15.3. The zero-order valence-electron chi connectivity index (χ0n) is 12.5. The van der Waals surface area contributed by atoms with Crippen LogP contribution in [0.4, 0.5) is 4.79 Å². The molecule has 1 fully saturated rings. The third-order valence-electron chi connectivity index (χ3n) is 3.68. The highest BCUT2D eigenvalue weighted by molar-refractivity contribution is 5.83. The van der Waals surface area contributed by atoms with Crippen molar-refractivity contribution in [2.75, 3.05) is 0 Å². The quantitative estimate of drug-likeness (QED) is 0.591. The first-order valence-corrected chi connectivity index (χ1v) is 7.19. The average molecular weight is 286 g/mol. The van der Waals surface area contributed by atoms with E-state index in [0.29, 0.717) is 6.42 Å². The van der Waals surface area contributed by atoms with Gasteiger partial charge in [0.2, 0.25) is 0 Å². The number of hydrogen-bond donors (Lipinski definition) is 4. The van der Waals surface area contributed by atoms with E-state index in [-0.39, 0.29) is 6.04 Å². The Bertz CT molecular complexity index is 352. The number of carboxylic acid groups (broad SMARTS) is 1. The minimum atomic E-state index is -1.06. The van der Waals surface area contributed by atoms with Crippen molar-refractivity contribution in [2.24, 2.45) is 5.41 Å². The highest BCUT2D eigenvalue weighted by atomic mass is 16.4. The molecule has 3 atom stereocenters. The lowest BCUT2D eigenvalue weighted by Gasteiger charge is -2.29. The highest BCUT2D eigenvalue weighted by Gasteiger charge is 2.33. The van der Waals surface area contributed by atoms with Crippen LogP contribution in [-0.2, 0) is 4.79 Å². The Morgan fingerprint density at radius 2 is 1.75 bits per heavy atom. The SMILES string of the molecule is CC(C)(C)C(NC(=O)NC1CCCCCC1O)C(=O)O. The van der Waals surface area contributed by atoms with Crippen LogP contribution in [0.25, 0.3) is 0 Å². The van der Waals surface area contributed by atoms with E-state index in [2.05, 4.69) is 10.6 Å². The first-order valence-electron chi connectivity index (χ1n) is 7.19. The summed E-state index contributed by atoms with van der Waals surface area (Å²) >= 11 is 0. The smallest absolute Gasteiger partial charge is 0.326 e. The van der Waals surface area contributed by atoms with Crippen molar-refractivity contribution in [3.8, 4) is 0 Å². The molecule has 0 radical (unpaired) electrons. The molecule has 0 saturated heterocycles. The number of rotatable bonds is 3. The zero-order valence-corrected chi connectivity index (χ0v) is 12.5. The Hall–Kier alpha value is -1.30. The van der Waals surface area contributed by atoms with E-state index >= 15 is 0 Å². The third kappa shape index (κ3) is 5.00. The first kappa shape index (κ1) is 16.8. The normalized spacial score (nSPS) is 25.4. The van der Waals surface area contributed by atoms with Gasteiger partial charge in [-0.25, -0.2) is 9.59 Å². The summed E-state index contributed by atoms with van der Waals surface area (Å²) < 4.78 is 0. The van der Waals surface area contributed by atoms with Gasteiger partial charge in [-0.05, 0) is 18.3 Å². The number of aliphatic carboxylic acids is 1. The predicted molar refractivity (Wildman–Crippen MR) is 75.4 cm³/mol. The maximum Gasteiger partial charge on any atom is 0.326 e. The van der Waals surface area contributed by atoms with Crippen molar-refractivity contribution in [3.05, 3.63) is 0 Å². The molecule has 1 aliphatic carbocycles. The molecule has 0 aliphatic heterocycles. The van der Waals surface area contributed by atoms with Crippen LogP contribution in [0.15, 0.2) is 0 Å². The second-order valence-corrected chi connectivity index (χ2v) is 6.57. The number of carboxylic acids is 1. The molecule has 1 aliphatic rings. The summed E-state index contributed by atoms with van der Waals surface area (Å²) in [6.07, 6.45) is 3.82. The molecule has 0 aromatic carbocycles. The van der Waals surface area contributed by atoms with Crippen LogP contribution in [0, 0.1) is 5.41 Å². The number of aliphatic hydroxyl groups excluding tert-OH is 1. The Morgan fingerprint density at radius 3 is 2.30 bits per heavy atom. The summed E-state index contributed by atoms with van der Waals surface area (Å²) in [7, 11) is 0. The third-order valence-corrected chi connectivity index (χ3v) is 3.68. The van der Waals surface area contributed by atoms with Crippen LogP contribution in [0.3, 0.4) is 0 Å². The fourth-order valence-corrected chi connectivity index (χ4v) is 2.45. The van der Waals surface area contributed by atoms with Crippen LogP contribution >= 0.6 is 0 Å². The van der Waals surface area contributed by atoms with Crippen molar-refractivity contribution in [1.82, 2.24) is 10.6 Å². The summed E-state index contributed by atoms with van der Waals surface area (Å²) in [5, 5.41) is 24.3. The minimum Gasteiger partial charge on any atom is -0.480 e. The second kappa shape index (κ2) is 6.92. The molecule has 0 bridgehead atoms. The van der Waals surface area contributed by atoms with Crippen LogP contribution in [0.1, 0.15) is 52.9 Å². The Morgan fingerprint density at radius 1 is 1.15 bits per heavy atom.